The predicted octanol–water partition coefficient (Wildman–Crippen LogP) is 1.70. The van der Waals surface area contributed by atoms with Crippen LogP contribution in [0.25, 0.3) is 5.69 Å². The number of carbonyl (C=O) groups excluding carboxylic acids is 3. The van der Waals surface area contributed by atoms with Crippen molar-refractivity contribution >= 4 is 40.3 Å². The lowest BCUT2D eigenvalue weighted by Gasteiger charge is -2.29. The zero-order valence-electron chi connectivity index (χ0n) is 20.9. The third-order valence-corrected chi connectivity index (χ3v) is 8.24. The van der Waals surface area contributed by atoms with E-state index in [1.165, 1.54) is 11.8 Å². The van der Waals surface area contributed by atoms with Crippen molar-refractivity contribution in [2.45, 2.75) is 37.1 Å². The van der Waals surface area contributed by atoms with Gasteiger partial charge in [-0.15, -0.1) is 11.8 Å². The van der Waals surface area contributed by atoms with E-state index in [2.05, 4.69) is 10.1 Å². The van der Waals surface area contributed by atoms with Gasteiger partial charge in [0.05, 0.1) is 18.5 Å². The fraction of sp³-hybridized carbons (Fsp3) is 0.308. The number of rotatable bonds is 6. The highest BCUT2D eigenvalue weighted by Gasteiger charge is 2.72. The number of aliphatic imine (C=N–C) groups is 1. The van der Waals surface area contributed by atoms with Crippen LogP contribution in [0.5, 0.6) is 0 Å². The third kappa shape index (κ3) is 3.58. The molecular weight excluding hydrogens is 510 g/mol. The highest BCUT2D eigenvalue weighted by molar-refractivity contribution is 8.14. The van der Waals surface area contributed by atoms with Crippen LogP contribution in [0.15, 0.2) is 75.2 Å². The van der Waals surface area contributed by atoms with E-state index >= 15 is 0 Å². The summed E-state index contributed by atoms with van der Waals surface area (Å²) < 4.78 is 6.70. The molecule has 2 aliphatic rings. The molecule has 1 unspecified atom stereocenters. The second-order valence-electron chi connectivity index (χ2n) is 9.00. The highest BCUT2D eigenvalue weighted by atomic mass is 32.2. The van der Waals surface area contributed by atoms with Crippen molar-refractivity contribution in [1.29, 1.82) is 0 Å². The quantitative estimate of drug-likeness (QED) is 0.375. The number of ether oxygens (including phenoxy) is 1. The number of fused-ring (bicyclic) bond motifs is 1. The minimum atomic E-state index is -2.09. The molecule has 0 aliphatic carbocycles. The monoisotopic (exact) mass is 535 g/mol. The lowest BCUT2D eigenvalue weighted by molar-refractivity contribution is -0.145. The largest absolute Gasteiger partial charge is 0.467 e. The molecule has 12 heteroatoms. The number of para-hydroxylation sites is 2. The summed E-state index contributed by atoms with van der Waals surface area (Å²) >= 11 is 1.18. The molecule has 0 radical (unpaired) electrons. The van der Waals surface area contributed by atoms with Gasteiger partial charge in [0.25, 0.3) is 5.91 Å². The fourth-order valence-electron chi connectivity index (χ4n) is 4.89. The lowest BCUT2D eigenvalue weighted by atomic mass is 9.84. The van der Waals surface area contributed by atoms with E-state index in [4.69, 9.17) is 4.74 Å². The molecule has 2 aromatic carbocycles. The molecule has 5 rings (SSSR count). The van der Waals surface area contributed by atoms with Crippen LogP contribution < -0.4 is 16.3 Å². The number of amides is 2. The van der Waals surface area contributed by atoms with Crippen molar-refractivity contribution < 1.29 is 19.1 Å². The summed E-state index contributed by atoms with van der Waals surface area (Å²) in [5.74, 6) is -3.79. The van der Waals surface area contributed by atoms with E-state index < -0.39 is 46.7 Å². The zero-order chi connectivity index (χ0) is 27.2. The van der Waals surface area contributed by atoms with Gasteiger partial charge in [-0.05, 0) is 30.7 Å². The summed E-state index contributed by atoms with van der Waals surface area (Å²) in [4.78, 5) is 73.8. The molecule has 1 fully saturated rings. The number of aromatic nitrogens is 3. The Morgan fingerprint density at radius 1 is 1.05 bits per heavy atom. The Balaban J connectivity index is 1.82. The molecule has 0 bridgehead atoms. The van der Waals surface area contributed by atoms with Gasteiger partial charge in [0.15, 0.2) is 6.04 Å². The van der Waals surface area contributed by atoms with E-state index in [1.54, 1.807) is 60.7 Å². The van der Waals surface area contributed by atoms with Crippen molar-refractivity contribution in [2.75, 3.05) is 12.0 Å². The Hall–Kier alpha value is -4.19. The third-order valence-electron chi connectivity index (χ3n) is 6.87. The molecular formula is C26H25N5O6S. The van der Waals surface area contributed by atoms with Crippen molar-refractivity contribution in [3.8, 4) is 5.69 Å². The van der Waals surface area contributed by atoms with Crippen LogP contribution in [0, 0.1) is 5.92 Å². The van der Waals surface area contributed by atoms with Gasteiger partial charge in [0, 0.05) is 5.25 Å². The van der Waals surface area contributed by atoms with Crippen LogP contribution in [0.1, 0.15) is 20.3 Å². The number of esters is 1. The second-order valence-corrected chi connectivity index (χ2v) is 10.4. The van der Waals surface area contributed by atoms with Crippen LogP contribution in [0.4, 0.5) is 5.69 Å². The molecule has 2 amide bonds. The van der Waals surface area contributed by atoms with Crippen LogP contribution in [-0.2, 0) is 24.7 Å². The summed E-state index contributed by atoms with van der Waals surface area (Å²) in [6.07, 6.45) is 0.675. The molecule has 196 valence electrons. The van der Waals surface area contributed by atoms with Crippen LogP contribution in [0.2, 0.25) is 0 Å². The Labute approximate surface area is 221 Å². The summed E-state index contributed by atoms with van der Waals surface area (Å²) in [5.41, 5.74) is -3.22. The molecule has 2 aliphatic heterocycles. The molecule has 0 saturated carbocycles. The van der Waals surface area contributed by atoms with Crippen LogP contribution in [0.3, 0.4) is 0 Å². The van der Waals surface area contributed by atoms with Crippen molar-refractivity contribution in [3.63, 3.8) is 0 Å². The number of nitrogens with one attached hydrogen (secondary N) is 1. The molecule has 0 spiro atoms. The van der Waals surface area contributed by atoms with Crippen molar-refractivity contribution in [3.05, 3.63) is 81.6 Å². The number of anilines is 1. The van der Waals surface area contributed by atoms with Gasteiger partial charge in [0.1, 0.15) is 11.0 Å². The summed E-state index contributed by atoms with van der Waals surface area (Å²) in [7, 11) is 1.16. The van der Waals surface area contributed by atoms with Gasteiger partial charge < -0.3 is 4.74 Å². The number of aromatic amines is 1. The first kappa shape index (κ1) is 25.5. The minimum absolute atomic E-state index is 0.0880. The van der Waals surface area contributed by atoms with Crippen LogP contribution in [-0.4, -0.2) is 55.6 Å². The number of benzene rings is 2. The van der Waals surface area contributed by atoms with Gasteiger partial charge in [-0.25, -0.2) is 33.6 Å². The predicted molar refractivity (Wildman–Crippen MR) is 142 cm³/mol. The Bertz CT molecular complexity index is 1560. The maximum Gasteiger partial charge on any atom is 0.353 e. The topological polar surface area (TPSA) is 136 Å². The van der Waals surface area contributed by atoms with E-state index in [-0.39, 0.29) is 21.7 Å². The van der Waals surface area contributed by atoms with Gasteiger partial charge in [-0.2, -0.15) is 0 Å². The zero-order valence-corrected chi connectivity index (χ0v) is 21.7. The Morgan fingerprint density at radius 3 is 2.24 bits per heavy atom. The minimum Gasteiger partial charge on any atom is -0.467 e. The molecule has 4 atom stereocenters. The maximum absolute atomic E-state index is 14.4. The molecule has 1 aromatic heterocycles. The van der Waals surface area contributed by atoms with E-state index in [0.29, 0.717) is 6.42 Å². The summed E-state index contributed by atoms with van der Waals surface area (Å²) in [5, 5.41) is 2.51. The standard InChI is InChI=1S/C26H25N5O6S/c1-4-15(2)38-22-26(31-25(36)30(24(35)28-31)17-13-9-6-10-14-17)18(19(27-22)21(33)37-3)20(32)29(23(26)34)16-11-7-5-8-12-16/h5-15,18-19H,4H2,1-3H3,(H,28,35)/t15?,18-,19+,26-/m1/s1. The fourth-order valence-corrected chi connectivity index (χ4v) is 6.10. The molecule has 1 N–H and O–H groups in total. The number of imide groups is 1. The molecule has 1 saturated heterocycles. The lowest BCUT2D eigenvalue weighted by Crippen LogP contribution is -2.55. The second kappa shape index (κ2) is 9.60. The van der Waals surface area contributed by atoms with E-state index in [9.17, 15) is 24.0 Å². The number of carbonyl (C=O) groups is 3. The first-order valence-electron chi connectivity index (χ1n) is 12.0. The van der Waals surface area contributed by atoms with Crippen molar-refractivity contribution in [1.82, 2.24) is 14.3 Å². The number of thioether (sulfide) groups is 1. The Kier molecular flexibility index (Phi) is 6.43. The normalized spacial score (nSPS) is 23.3. The average molecular weight is 536 g/mol. The van der Waals surface area contributed by atoms with Gasteiger partial charge in [-0.3, -0.25) is 14.6 Å². The van der Waals surface area contributed by atoms with Gasteiger partial charge in [0.2, 0.25) is 11.4 Å². The number of hydrogen-bond donors (Lipinski definition) is 1. The SMILES string of the molecule is CCC(C)SC1=N[C@H](C(=O)OC)[C@@H]2C(=O)N(c3ccccc3)C(=O)[C@]12n1[nH]c(=O)n(-c2ccccc2)c1=O. The highest BCUT2D eigenvalue weighted by Crippen LogP contribution is 2.49. The Morgan fingerprint density at radius 2 is 1.66 bits per heavy atom. The first-order valence-corrected chi connectivity index (χ1v) is 12.9. The average Bonchev–Trinajstić information content (AvgIpc) is 3.50. The molecule has 3 heterocycles. The van der Waals surface area contributed by atoms with E-state index in [0.717, 1.165) is 21.3 Å². The smallest absolute Gasteiger partial charge is 0.353 e. The molecule has 3 aromatic rings. The van der Waals surface area contributed by atoms with Gasteiger partial charge >= 0.3 is 17.3 Å². The van der Waals surface area contributed by atoms with Gasteiger partial charge in [-0.1, -0.05) is 50.2 Å². The maximum atomic E-state index is 14.4. The molecule has 11 nitrogen and oxygen atoms in total. The molecule has 38 heavy (non-hydrogen) atoms. The first-order chi connectivity index (χ1) is 18.3. The summed E-state index contributed by atoms with van der Waals surface area (Å²) in [6, 6.07) is 15.0. The number of methoxy groups -OCH3 is 1. The number of nitrogens with zero attached hydrogens (tertiary/aromatic N) is 4. The van der Waals surface area contributed by atoms with Crippen LogP contribution >= 0.6 is 11.8 Å². The number of hydrogen-bond acceptors (Lipinski definition) is 8. The van der Waals surface area contributed by atoms with E-state index in [1.807, 2.05) is 13.8 Å². The van der Waals surface area contributed by atoms with Crippen molar-refractivity contribution in [2.24, 2.45) is 10.9 Å². The number of H-pyrrole nitrogens is 1. The summed E-state index contributed by atoms with van der Waals surface area (Å²) in [6.45, 7) is 3.84.